The fourth-order valence-electron chi connectivity index (χ4n) is 6.32. The molecule has 1 atom stereocenters. The van der Waals surface area contributed by atoms with Gasteiger partial charge in [0.25, 0.3) is 0 Å². The normalized spacial score (nSPS) is 13.3. The van der Waals surface area contributed by atoms with Gasteiger partial charge in [-0.15, -0.1) is 0 Å². The first-order chi connectivity index (χ1) is 17.1. The maximum Gasteiger partial charge on any atom is 0.119 e. The average molecular weight is 501 g/mol. The number of aromatic hydroxyl groups is 1. The van der Waals surface area contributed by atoms with Crippen molar-refractivity contribution in [3.63, 3.8) is 0 Å². The van der Waals surface area contributed by atoms with Gasteiger partial charge in [-0.25, -0.2) is 0 Å². The lowest BCUT2D eigenvalue weighted by atomic mass is 9.66. The van der Waals surface area contributed by atoms with Crippen LogP contribution in [0.25, 0.3) is 0 Å². The largest absolute Gasteiger partial charge is 0.508 e. The molecule has 1 unspecified atom stereocenters. The highest BCUT2D eigenvalue weighted by Gasteiger charge is 2.35. The number of unbranched alkanes of at least 4 members (excludes halogenated alkanes) is 12. The summed E-state index contributed by atoms with van der Waals surface area (Å²) < 4.78 is 0. The molecule has 0 aliphatic rings. The molecule has 36 heavy (non-hydrogen) atoms. The van der Waals surface area contributed by atoms with Gasteiger partial charge in [0.15, 0.2) is 0 Å². The number of hydrogen-bond donors (Lipinski definition) is 1. The molecule has 1 N–H and O–H groups in total. The standard InChI is InChI=1S/C35H64O/c1-9-12-14-16-18-20-22-27-34(5,6)32-30(29(4)24-11-3)25-26-31(36)33(32)35(7,8)28-23-21-19-17-15-13-10-2/h25-26,29,36H,9-24,27-28H2,1-8H3. The number of rotatable bonds is 21. The summed E-state index contributed by atoms with van der Waals surface area (Å²) in [6.07, 6.45) is 23.6. The molecule has 0 amide bonds. The third-order valence-corrected chi connectivity index (χ3v) is 8.63. The van der Waals surface area contributed by atoms with Crippen molar-refractivity contribution >= 4 is 0 Å². The molecule has 1 aromatic rings. The molecule has 0 aliphatic carbocycles. The third-order valence-electron chi connectivity index (χ3n) is 8.63. The van der Waals surface area contributed by atoms with Crippen molar-refractivity contribution in [3.05, 3.63) is 28.8 Å². The number of hydrogen-bond acceptors (Lipinski definition) is 1. The molecule has 0 heterocycles. The number of phenols is 1. The summed E-state index contributed by atoms with van der Waals surface area (Å²) in [5, 5.41) is 11.3. The van der Waals surface area contributed by atoms with Crippen LogP contribution in [-0.2, 0) is 10.8 Å². The molecular formula is C35H64O. The molecule has 1 nitrogen and oxygen atoms in total. The van der Waals surface area contributed by atoms with Gasteiger partial charge in [-0.05, 0) is 53.2 Å². The topological polar surface area (TPSA) is 20.2 Å². The smallest absolute Gasteiger partial charge is 0.119 e. The number of benzene rings is 1. The van der Waals surface area contributed by atoms with Crippen molar-refractivity contribution in [2.45, 2.75) is 188 Å². The van der Waals surface area contributed by atoms with E-state index in [1.54, 1.807) is 0 Å². The minimum Gasteiger partial charge on any atom is -0.508 e. The van der Waals surface area contributed by atoms with Gasteiger partial charge in [0.05, 0.1) is 0 Å². The van der Waals surface area contributed by atoms with E-state index in [-0.39, 0.29) is 10.8 Å². The summed E-state index contributed by atoms with van der Waals surface area (Å²) in [5.41, 5.74) is 4.28. The zero-order valence-electron chi connectivity index (χ0n) is 25.9. The average Bonchev–Trinajstić information content (AvgIpc) is 2.82. The second kappa shape index (κ2) is 17.5. The Kier molecular flexibility index (Phi) is 16.1. The van der Waals surface area contributed by atoms with E-state index in [4.69, 9.17) is 0 Å². The molecule has 0 spiro atoms. The minimum atomic E-state index is -0.0117. The lowest BCUT2D eigenvalue weighted by Gasteiger charge is -2.38. The molecule has 0 radical (unpaired) electrons. The summed E-state index contributed by atoms with van der Waals surface area (Å²) in [7, 11) is 0. The van der Waals surface area contributed by atoms with Crippen molar-refractivity contribution in [3.8, 4) is 5.75 Å². The molecule has 1 rings (SSSR count). The van der Waals surface area contributed by atoms with Crippen LogP contribution < -0.4 is 0 Å². The Bertz CT molecular complexity index is 699. The van der Waals surface area contributed by atoms with Crippen molar-refractivity contribution in [2.24, 2.45) is 0 Å². The zero-order valence-corrected chi connectivity index (χ0v) is 25.9. The van der Waals surface area contributed by atoms with Crippen LogP contribution in [0.3, 0.4) is 0 Å². The summed E-state index contributed by atoms with van der Waals surface area (Å²) in [6, 6.07) is 4.27. The highest BCUT2D eigenvalue weighted by Crippen LogP contribution is 2.47. The molecule has 0 bridgehead atoms. The van der Waals surface area contributed by atoms with E-state index in [1.165, 1.54) is 126 Å². The molecule has 1 heteroatoms. The summed E-state index contributed by atoms with van der Waals surface area (Å²) in [6.45, 7) is 19.0. The predicted octanol–water partition coefficient (Wildman–Crippen LogP) is 12.1. The first kappa shape index (κ1) is 33.0. The van der Waals surface area contributed by atoms with Crippen LogP contribution in [0.1, 0.15) is 194 Å². The van der Waals surface area contributed by atoms with Crippen LogP contribution >= 0.6 is 0 Å². The third kappa shape index (κ3) is 11.2. The summed E-state index contributed by atoms with van der Waals surface area (Å²) in [5.74, 6) is 1.06. The Balaban J connectivity index is 3.10. The quantitative estimate of drug-likeness (QED) is 0.166. The van der Waals surface area contributed by atoms with Crippen LogP contribution in [0.2, 0.25) is 0 Å². The predicted molar refractivity (Wildman–Crippen MR) is 163 cm³/mol. The van der Waals surface area contributed by atoms with Gasteiger partial charge >= 0.3 is 0 Å². The van der Waals surface area contributed by atoms with E-state index in [9.17, 15) is 5.11 Å². The molecule has 0 saturated carbocycles. The van der Waals surface area contributed by atoms with Crippen molar-refractivity contribution in [2.75, 3.05) is 0 Å². The lowest BCUT2D eigenvalue weighted by molar-refractivity contribution is 0.376. The van der Waals surface area contributed by atoms with Gasteiger partial charge in [-0.3, -0.25) is 0 Å². The van der Waals surface area contributed by atoms with Gasteiger partial charge in [-0.1, -0.05) is 158 Å². The van der Waals surface area contributed by atoms with Crippen LogP contribution in [0.4, 0.5) is 0 Å². The van der Waals surface area contributed by atoms with Gasteiger partial charge in [0, 0.05) is 5.56 Å². The molecular weight excluding hydrogens is 436 g/mol. The van der Waals surface area contributed by atoms with Crippen LogP contribution in [0.5, 0.6) is 5.75 Å². The molecule has 0 fully saturated rings. The van der Waals surface area contributed by atoms with E-state index in [0.29, 0.717) is 11.7 Å². The second-order valence-corrected chi connectivity index (χ2v) is 13.1. The van der Waals surface area contributed by atoms with E-state index in [1.807, 2.05) is 6.07 Å². The Morgan fingerprint density at radius 2 is 1.00 bits per heavy atom. The van der Waals surface area contributed by atoms with Gasteiger partial charge in [-0.2, -0.15) is 0 Å². The summed E-state index contributed by atoms with van der Waals surface area (Å²) in [4.78, 5) is 0. The first-order valence-corrected chi connectivity index (χ1v) is 16.0. The number of phenolic OH excluding ortho intramolecular Hbond substituents is 1. The Labute approximate surface area is 227 Å². The van der Waals surface area contributed by atoms with Crippen LogP contribution in [0, 0.1) is 0 Å². The highest BCUT2D eigenvalue weighted by atomic mass is 16.3. The van der Waals surface area contributed by atoms with Gasteiger partial charge in [0.1, 0.15) is 5.75 Å². The van der Waals surface area contributed by atoms with Gasteiger partial charge in [0.2, 0.25) is 0 Å². The molecule has 0 aliphatic heterocycles. The Hall–Kier alpha value is -0.980. The maximum absolute atomic E-state index is 11.3. The Morgan fingerprint density at radius 3 is 1.44 bits per heavy atom. The second-order valence-electron chi connectivity index (χ2n) is 13.1. The van der Waals surface area contributed by atoms with Gasteiger partial charge < -0.3 is 5.11 Å². The van der Waals surface area contributed by atoms with E-state index < -0.39 is 0 Å². The SMILES string of the molecule is CCCCCCCCCC(C)(C)c1c(O)ccc(C(C)CCC)c1C(C)(C)CCCCCCCCC. The van der Waals surface area contributed by atoms with Crippen molar-refractivity contribution in [1.82, 2.24) is 0 Å². The molecule has 0 saturated heterocycles. The minimum absolute atomic E-state index is 0.0117. The first-order valence-electron chi connectivity index (χ1n) is 16.0. The van der Waals surface area contributed by atoms with E-state index in [2.05, 4.69) is 61.5 Å². The van der Waals surface area contributed by atoms with E-state index >= 15 is 0 Å². The zero-order chi connectivity index (χ0) is 27.0. The molecule has 1 aromatic carbocycles. The fourth-order valence-corrected chi connectivity index (χ4v) is 6.32. The molecule has 0 aromatic heterocycles. The monoisotopic (exact) mass is 500 g/mol. The van der Waals surface area contributed by atoms with Crippen LogP contribution in [-0.4, -0.2) is 5.11 Å². The van der Waals surface area contributed by atoms with Crippen molar-refractivity contribution in [1.29, 1.82) is 0 Å². The lowest BCUT2D eigenvalue weighted by Crippen LogP contribution is -2.29. The van der Waals surface area contributed by atoms with E-state index in [0.717, 1.165) is 6.42 Å². The highest BCUT2D eigenvalue weighted by molar-refractivity contribution is 5.53. The Morgan fingerprint density at radius 1 is 0.583 bits per heavy atom. The molecule has 210 valence electrons. The summed E-state index contributed by atoms with van der Waals surface area (Å²) >= 11 is 0. The fraction of sp³-hybridized carbons (Fsp3) is 0.829. The van der Waals surface area contributed by atoms with Crippen molar-refractivity contribution < 1.29 is 5.11 Å². The van der Waals surface area contributed by atoms with Crippen LogP contribution in [0.15, 0.2) is 12.1 Å². The maximum atomic E-state index is 11.3.